The van der Waals surface area contributed by atoms with E-state index in [9.17, 15) is 4.39 Å². The molecule has 2 aromatic carbocycles. The number of hydrogen-bond donors (Lipinski definition) is 1. The Morgan fingerprint density at radius 1 is 1.26 bits per heavy atom. The molecule has 1 atom stereocenters. The maximum absolute atomic E-state index is 13.3. The Morgan fingerprint density at radius 3 is 2.89 bits per heavy atom. The van der Waals surface area contributed by atoms with Gasteiger partial charge >= 0.3 is 0 Å². The molecule has 0 saturated carbocycles. The summed E-state index contributed by atoms with van der Waals surface area (Å²) in [5.41, 5.74) is 6.71. The first-order valence-electron chi connectivity index (χ1n) is 6.15. The number of rotatable bonds is 3. The molecule has 2 N–H and O–H groups in total. The molecular weight excluding hydrogens is 245 g/mol. The molecule has 4 heteroatoms. The van der Waals surface area contributed by atoms with Crippen molar-refractivity contribution in [3.05, 3.63) is 53.8 Å². The van der Waals surface area contributed by atoms with Gasteiger partial charge in [0.05, 0.1) is 5.69 Å². The first-order chi connectivity index (χ1) is 9.22. The summed E-state index contributed by atoms with van der Waals surface area (Å²) < 4.78 is 24.5. The summed E-state index contributed by atoms with van der Waals surface area (Å²) >= 11 is 0. The van der Waals surface area contributed by atoms with Gasteiger partial charge in [0, 0.05) is 12.5 Å². The van der Waals surface area contributed by atoms with Crippen molar-refractivity contribution in [1.82, 2.24) is 0 Å². The van der Waals surface area contributed by atoms with E-state index in [4.69, 9.17) is 15.2 Å². The highest BCUT2D eigenvalue weighted by molar-refractivity contribution is 5.43. The highest BCUT2D eigenvalue weighted by atomic mass is 19.1. The quantitative estimate of drug-likeness (QED) is 0.862. The molecular formula is C15H14FNO2. The van der Waals surface area contributed by atoms with Crippen LogP contribution in [0.15, 0.2) is 42.5 Å². The summed E-state index contributed by atoms with van der Waals surface area (Å²) in [6, 6.07) is 12.3. The Kier molecular flexibility index (Phi) is 2.99. The third kappa shape index (κ3) is 2.47. The molecule has 0 amide bonds. The average Bonchev–Trinajstić information content (AvgIpc) is 2.83. The molecule has 1 aliphatic rings. The Hall–Kier alpha value is -2.23. The Labute approximate surface area is 110 Å². The van der Waals surface area contributed by atoms with Crippen LogP contribution < -0.4 is 15.2 Å². The van der Waals surface area contributed by atoms with Crippen LogP contribution in [0.4, 0.5) is 10.1 Å². The van der Waals surface area contributed by atoms with E-state index in [2.05, 4.69) is 0 Å². The minimum absolute atomic E-state index is 0.0296. The number of halogens is 1. The summed E-state index contributed by atoms with van der Waals surface area (Å²) in [6.07, 6.45) is 0.784. The molecule has 1 aliphatic heterocycles. The van der Waals surface area contributed by atoms with Crippen LogP contribution in [-0.4, -0.2) is 12.7 Å². The second kappa shape index (κ2) is 4.80. The van der Waals surface area contributed by atoms with Crippen LogP contribution in [0.5, 0.6) is 11.5 Å². The summed E-state index contributed by atoms with van der Waals surface area (Å²) in [5, 5.41) is 0. The van der Waals surface area contributed by atoms with Crippen molar-refractivity contribution in [1.29, 1.82) is 0 Å². The van der Waals surface area contributed by atoms with Crippen LogP contribution in [0.1, 0.15) is 5.56 Å². The number of ether oxygens (including phenoxy) is 2. The number of fused-ring (bicyclic) bond motifs is 1. The molecule has 3 nitrogen and oxygen atoms in total. The molecule has 0 fully saturated rings. The molecule has 1 unspecified atom stereocenters. The second-order valence-electron chi connectivity index (χ2n) is 4.55. The van der Waals surface area contributed by atoms with Crippen LogP contribution in [0, 0.1) is 5.82 Å². The van der Waals surface area contributed by atoms with Gasteiger partial charge in [-0.15, -0.1) is 0 Å². The van der Waals surface area contributed by atoms with Crippen LogP contribution in [0.2, 0.25) is 0 Å². The predicted molar refractivity (Wildman–Crippen MR) is 70.9 cm³/mol. The Bertz CT molecular complexity index is 575. The molecule has 2 aromatic rings. The number of para-hydroxylation sites is 1. The Morgan fingerprint density at radius 2 is 2.11 bits per heavy atom. The number of nitrogen functional groups attached to an aromatic ring is 1. The van der Waals surface area contributed by atoms with Crippen LogP contribution >= 0.6 is 0 Å². The molecule has 0 radical (unpaired) electrons. The lowest BCUT2D eigenvalue weighted by Gasteiger charge is -2.12. The standard InChI is InChI=1S/C15H14FNO2/c16-13-8-11(5-6-14(13)17)18-9-12-7-10-3-1-2-4-15(10)19-12/h1-6,8,12H,7,9,17H2. The maximum Gasteiger partial charge on any atom is 0.149 e. The third-order valence-corrected chi connectivity index (χ3v) is 3.12. The van der Waals surface area contributed by atoms with Crippen molar-refractivity contribution < 1.29 is 13.9 Å². The van der Waals surface area contributed by atoms with Crippen LogP contribution in [0.3, 0.4) is 0 Å². The van der Waals surface area contributed by atoms with Crippen LogP contribution in [0.25, 0.3) is 0 Å². The summed E-state index contributed by atoms with van der Waals surface area (Å²) in [6.45, 7) is 0.387. The zero-order chi connectivity index (χ0) is 13.2. The van der Waals surface area contributed by atoms with E-state index in [0.29, 0.717) is 12.4 Å². The van der Waals surface area contributed by atoms with Gasteiger partial charge in [-0.25, -0.2) is 4.39 Å². The minimum Gasteiger partial charge on any atom is -0.490 e. The first-order valence-corrected chi connectivity index (χ1v) is 6.15. The van der Waals surface area contributed by atoms with E-state index in [1.807, 2.05) is 24.3 Å². The van der Waals surface area contributed by atoms with E-state index in [1.54, 1.807) is 6.07 Å². The summed E-state index contributed by atoms with van der Waals surface area (Å²) in [7, 11) is 0. The smallest absolute Gasteiger partial charge is 0.149 e. The first kappa shape index (κ1) is 11.8. The predicted octanol–water partition coefficient (Wildman–Crippen LogP) is 2.79. The van der Waals surface area contributed by atoms with Crippen molar-refractivity contribution in [2.24, 2.45) is 0 Å². The molecule has 0 aromatic heterocycles. The van der Waals surface area contributed by atoms with E-state index >= 15 is 0 Å². The summed E-state index contributed by atoms with van der Waals surface area (Å²) in [4.78, 5) is 0. The van der Waals surface area contributed by atoms with Crippen molar-refractivity contribution in [2.45, 2.75) is 12.5 Å². The normalized spacial score (nSPS) is 16.8. The number of anilines is 1. The van der Waals surface area contributed by atoms with Gasteiger partial charge < -0.3 is 15.2 Å². The van der Waals surface area contributed by atoms with E-state index < -0.39 is 5.82 Å². The van der Waals surface area contributed by atoms with E-state index in [-0.39, 0.29) is 11.8 Å². The van der Waals surface area contributed by atoms with Crippen molar-refractivity contribution in [2.75, 3.05) is 12.3 Å². The van der Waals surface area contributed by atoms with Crippen LogP contribution in [-0.2, 0) is 6.42 Å². The van der Waals surface area contributed by atoms with Gasteiger partial charge in [0.15, 0.2) is 0 Å². The molecule has 0 bridgehead atoms. The number of benzene rings is 2. The maximum atomic E-state index is 13.3. The lowest BCUT2D eigenvalue weighted by Crippen LogP contribution is -2.22. The SMILES string of the molecule is Nc1ccc(OCC2Cc3ccccc3O2)cc1F. The van der Waals surface area contributed by atoms with Gasteiger partial charge in [0.2, 0.25) is 0 Å². The fourth-order valence-corrected chi connectivity index (χ4v) is 2.13. The zero-order valence-corrected chi connectivity index (χ0v) is 10.3. The van der Waals surface area contributed by atoms with Crippen molar-refractivity contribution in [3.63, 3.8) is 0 Å². The molecule has 3 rings (SSSR count). The van der Waals surface area contributed by atoms with Gasteiger partial charge in [-0.3, -0.25) is 0 Å². The van der Waals surface area contributed by atoms with Crippen molar-refractivity contribution in [3.8, 4) is 11.5 Å². The summed E-state index contributed by atoms with van der Waals surface area (Å²) in [5.74, 6) is 0.902. The molecule has 1 heterocycles. The molecule has 19 heavy (non-hydrogen) atoms. The topological polar surface area (TPSA) is 44.5 Å². The third-order valence-electron chi connectivity index (χ3n) is 3.12. The van der Waals surface area contributed by atoms with Gasteiger partial charge in [0.1, 0.15) is 30.0 Å². The van der Waals surface area contributed by atoms with Gasteiger partial charge in [0.25, 0.3) is 0 Å². The largest absolute Gasteiger partial charge is 0.490 e. The fourth-order valence-electron chi connectivity index (χ4n) is 2.13. The van der Waals surface area contributed by atoms with Gasteiger partial charge in [-0.2, -0.15) is 0 Å². The second-order valence-corrected chi connectivity index (χ2v) is 4.55. The number of hydrogen-bond acceptors (Lipinski definition) is 3. The highest BCUT2D eigenvalue weighted by Crippen LogP contribution is 2.28. The molecule has 0 spiro atoms. The monoisotopic (exact) mass is 259 g/mol. The fraction of sp³-hybridized carbons (Fsp3) is 0.200. The van der Waals surface area contributed by atoms with E-state index in [1.165, 1.54) is 17.7 Å². The lowest BCUT2D eigenvalue weighted by atomic mass is 10.1. The molecule has 98 valence electrons. The molecule has 0 aliphatic carbocycles. The van der Waals surface area contributed by atoms with Gasteiger partial charge in [-0.05, 0) is 23.8 Å². The minimum atomic E-state index is -0.465. The highest BCUT2D eigenvalue weighted by Gasteiger charge is 2.22. The Balaban J connectivity index is 1.61. The zero-order valence-electron chi connectivity index (χ0n) is 10.3. The number of nitrogens with two attached hydrogens (primary N) is 1. The van der Waals surface area contributed by atoms with Crippen molar-refractivity contribution >= 4 is 5.69 Å². The van der Waals surface area contributed by atoms with E-state index in [0.717, 1.165) is 12.2 Å². The van der Waals surface area contributed by atoms with Gasteiger partial charge in [-0.1, -0.05) is 18.2 Å². The lowest BCUT2D eigenvalue weighted by molar-refractivity contribution is 0.148. The molecule has 0 saturated heterocycles. The average molecular weight is 259 g/mol.